The molecule has 0 bridgehead atoms. The zero-order chi connectivity index (χ0) is 4.99. The topological polar surface area (TPSA) is 0 Å². The van der Waals surface area contributed by atoms with Gasteiger partial charge in [0.05, 0.1) is 0 Å². The molecule has 6 heavy (non-hydrogen) atoms. The Morgan fingerprint density at radius 1 is 1.50 bits per heavy atom. The number of hydrogen-bond donors (Lipinski definition) is 0. The predicted octanol–water partition coefficient (Wildman–Crippen LogP) is 2.22. The van der Waals surface area contributed by atoms with E-state index in [2.05, 4.69) is 20.5 Å². The summed E-state index contributed by atoms with van der Waals surface area (Å²) in [6, 6.07) is 0. The van der Waals surface area contributed by atoms with Crippen LogP contribution < -0.4 is 0 Å². The van der Waals surface area contributed by atoms with Crippen LogP contribution in [0.15, 0.2) is 0 Å². The van der Waals surface area contributed by atoms with Gasteiger partial charge in [-0.15, -0.1) is 0 Å². The molecule has 0 amide bonds. The van der Waals surface area contributed by atoms with Crippen molar-refractivity contribution in [3.05, 3.63) is 0 Å². The lowest BCUT2D eigenvalue weighted by molar-refractivity contribution is 0.748. The minimum atomic E-state index is 0.886. The molecule has 0 unspecified atom stereocenters. The van der Waals surface area contributed by atoms with Gasteiger partial charge in [-0.3, -0.25) is 0 Å². The molecule has 0 aliphatic rings. The maximum Gasteiger partial charge on any atom is -0.0266 e. The van der Waals surface area contributed by atoms with E-state index in [-0.39, 0.29) is 0 Å². The molecule has 0 aromatic heterocycles. The maximum absolute atomic E-state index is 2.25. The first-order chi connectivity index (χ1) is 2.77. The van der Waals surface area contributed by atoms with E-state index in [0.717, 1.165) is 5.92 Å². The molecule has 0 aliphatic carbocycles. The van der Waals surface area contributed by atoms with Gasteiger partial charge in [0.25, 0.3) is 0 Å². The van der Waals surface area contributed by atoms with Gasteiger partial charge < -0.3 is 0 Å². The van der Waals surface area contributed by atoms with E-state index in [1.807, 2.05) is 0 Å². The molecule has 1 heteroatoms. The zero-order valence-corrected chi connectivity index (χ0v) is 5.63. The van der Waals surface area contributed by atoms with Gasteiger partial charge in [0.15, 0.2) is 0 Å². The third-order valence-electron chi connectivity index (χ3n) is 0.548. The van der Waals surface area contributed by atoms with Crippen molar-refractivity contribution < 1.29 is 0 Å². The molecule has 0 heterocycles. The monoisotopic (exact) mass is 103 g/mol. The summed E-state index contributed by atoms with van der Waals surface area (Å²) in [4.78, 5) is 0. The minimum absolute atomic E-state index is 0.886. The van der Waals surface area contributed by atoms with E-state index in [0.29, 0.717) is 0 Å². The lowest BCUT2D eigenvalue weighted by Crippen LogP contribution is -1.85. The molecule has 0 aliphatic heterocycles. The first-order valence-corrected chi connectivity index (χ1v) is 3.85. The maximum atomic E-state index is 2.25. The van der Waals surface area contributed by atoms with Gasteiger partial charge in [-0.05, 0) is 18.7 Å². The van der Waals surface area contributed by atoms with Crippen molar-refractivity contribution in [1.82, 2.24) is 0 Å². The third kappa shape index (κ3) is 4.43. The minimum Gasteiger partial charge on any atom is -0.0842 e. The molecule has 0 spiro atoms. The van der Waals surface area contributed by atoms with Crippen LogP contribution >= 0.6 is 8.58 Å². The summed E-state index contributed by atoms with van der Waals surface area (Å²) in [5.41, 5.74) is 0. The second-order valence-corrected chi connectivity index (χ2v) is 2.89. The molecule has 0 aromatic carbocycles. The SMILES string of the molecule is C[P]CC(C)C. The first-order valence-electron chi connectivity index (χ1n) is 2.33. The fourth-order valence-electron chi connectivity index (χ4n) is 0.365. The van der Waals surface area contributed by atoms with Gasteiger partial charge >= 0.3 is 0 Å². The van der Waals surface area contributed by atoms with Crippen molar-refractivity contribution in [2.45, 2.75) is 13.8 Å². The van der Waals surface area contributed by atoms with Crippen LogP contribution in [0.25, 0.3) is 0 Å². The molecule has 1 radical (unpaired) electrons. The average Bonchev–Trinajstić information content (AvgIpc) is 1.35. The van der Waals surface area contributed by atoms with Crippen LogP contribution in [0.3, 0.4) is 0 Å². The molecule has 0 rings (SSSR count). The summed E-state index contributed by atoms with van der Waals surface area (Å²) in [7, 11) is 1.52. The van der Waals surface area contributed by atoms with Gasteiger partial charge in [-0.1, -0.05) is 22.4 Å². The van der Waals surface area contributed by atoms with Crippen LogP contribution in [0.4, 0.5) is 0 Å². The van der Waals surface area contributed by atoms with Crippen molar-refractivity contribution in [2.75, 3.05) is 12.8 Å². The van der Waals surface area contributed by atoms with E-state index in [1.165, 1.54) is 14.7 Å². The Labute approximate surface area is 42.1 Å². The first kappa shape index (κ1) is 6.43. The molecule has 0 N–H and O–H groups in total. The fourth-order valence-corrected chi connectivity index (χ4v) is 1.10. The normalized spacial score (nSPS) is 12.0. The highest BCUT2D eigenvalue weighted by molar-refractivity contribution is 7.36. The fraction of sp³-hybridized carbons (Fsp3) is 1.00. The Morgan fingerprint density at radius 2 is 2.00 bits per heavy atom. The lowest BCUT2D eigenvalue weighted by Gasteiger charge is -1.95. The standard InChI is InChI=1S/C5H12P/c1-5(2)4-6-3/h5H,4H2,1-3H3. The van der Waals surface area contributed by atoms with Gasteiger partial charge in [0.2, 0.25) is 0 Å². The van der Waals surface area contributed by atoms with Crippen molar-refractivity contribution in [1.29, 1.82) is 0 Å². The van der Waals surface area contributed by atoms with Gasteiger partial charge in [0, 0.05) is 0 Å². The Kier molecular flexibility index (Phi) is 3.87. The van der Waals surface area contributed by atoms with Crippen LogP contribution in [-0.2, 0) is 0 Å². The summed E-state index contributed by atoms with van der Waals surface area (Å²) >= 11 is 0. The Hall–Kier alpha value is 0.430. The molecule has 37 valence electrons. The summed E-state index contributed by atoms with van der Waals surface area (Å²) in [5, 5.41) is 0. The van der Waals surface area contributed by atoms with E-state index >= 15 is 0 Å². The molecule has 0 nitrogen and oxygen atoms in total. The molecule has 0 saturated carbocycles. The Balaban J connectivity index is 2.63. The summed E-state index contributed by atoms with van der Waals surface area (Å²) < 4.78 is 0. The van der Waals surface area contributed by atoms with E-state index in [1.54, 1.807) is 0 Å². The summed E-state index contributed by atoms with van der Waals surface area (Å²) in [6.07, 6.45) is 1.35. The largest absolute Gasteiger partial charge is 0.0842 e. The predicted molar refractivity (Wildman–Crippen MR) is 32.5 cm³/mol. The molecular formula is C5H12P. The van der Waals surface area contributed by atoms with Gasteiger partial charge in [-0.2, -0.15) is 0 Å². The van der Waals surface area contributed by atoms with Gasteiger partial charge in [0.1, 0.15) is 0 Å². The second-order valence-electron chi connectivity index (χ2n) is 1.89. The average molecular weight is 103 g/mol. The molecular weight excluding hydrogens is 91.0 g/mol. The van der Waals surface area contributed by atoms with Crippen LogP contribution in [0.1, 0.15) is 13.8 Å². The highest BCUT2D eigenvalue weighted by Gasteiger charge is 1.86. The van der Waals surface area contributed by atoms with Crippen LogP contribution in [0.2, 0.25) is 0 Å². The molecule has 0 aromatic rings. The molecule has 0 fully saturated rings. The quantitative estimate of drug-likeness (QED) is 0.470. The van der Waals surface area contributed by atoms with Crippen molar-refractivity contribution in [3.63, 3.8) is 0 Å². The summed E-state index contributed by atoms with van der Waals surface area (Å²) in [6.45, 7) is 6.69. The van der Waals surface area contributed by atoms with E-state index in [4.69, 9.17) is 0 Å². The van der Waals surface area contributed by atoms with Crippen molar-refractivity contribution in [2.24, 2.45) is 5.92 Å². The van der Waals surface area contributed by atoms with Gasteiger partial charge in [-0.25, -0.2) is 0 Å². The third-order valence-corrected chi connectivity index (χ3v) is 1.64. The highest BCUT2D eigenvalue weighted by Crippen LogP contribution is 2.07. The molecule has 0 atom stereocenters. The lowest BCUT2D eigenvalue weighted by atomic mass is 10.3. The smallest absolute Gasteiger partial charge is 0.0266 e. The van der Waals surface area contributed by atoms with Crippen LogP contribution in [-0.4, -0.2) is 12.8 Å². The van der Waals surface area contributed by atoms with Crippen molar-refractivity contribution in [3.8, 4) is 0 Å². The van der Waals surface area contributed by atoms with E-state index in [9.17, 15) is 0 Å². The summed E-state index contributed by atoms with van der Waals surface area (Å²) in [5.74, 6) is 0.886. The van der Waals surface area contributed by atoms with Crippen LogP contribution in [0.5, 0.6) is 0 Å². The Bertz CT molecular complexity index is 25.1. The van der Waals surface area contributed by atoms with E-state index < -0.39 is 0 Å². The number of hydrogen-bond acceptors (Lipinski definition) is 0. The highest BCUT2D eigenvalue weighted by atomic mass is 31.1. The Morgan fingerprint density at radius 3 is 2.00 bits per heavy atom. The number of rotatable bonds is 2. The second kappa shape index (κ2) is 3.61. The van der Waals surface area contributed by atoms with Crippen molar-refractivity contribution >= 4 is 8.58 Å². The van der Waals surface area contributed by atoms with Crippen LogP contribution in [0, 0.1) is 5.92 Å². The molecule has 0 saturated heterocycles. The zero-order valence-electron chi connectivity index (χ0n) is 4.73.